The first-order chi connectivity index (χ1) is 7.81. The second-order valence-corrected chi connectivity index (χ2v) is 4.07. The van der Waals surface area contributed by atoms with Crippen molar-refractivity contribution >= 4 is 0 Å². The van der Waals surface area contributed by atoms with Crippen molar-refractivity contribution in [3.05, 3.63) is 59.5 Å². The first kappa shape index (κ1) is 11.0. The summed E-state index contributed by atoms with van der Waals surface area (Å²) in [4.78, 5) is 0. The van der Waals surface area contributed by atoms with Gasteiger partial charge in [-0.3, -0.25) is 0 Å². The van der Waals surface area contributed by atoms with Gasteiger partial charge in [-0.15, -0.1) is 0 Å². The van der Waals surface area contributed by atoms with Crippen molar-refractivity contribution < 1.29 is 4.42 Å². The van der Waals surface area contributed by atoms with E-state index in [2.05, 4.69) is 31.2 Å². The van der Waals surface area contributed by atoms with Gasteiger partial charge in [0.05, 0.1) is 6.26 Å². The lowest BCUT2D eigenvalue weighted by atomic mass is 9.91. The van der Waals surface area contributed by atoms with E-state index in [1.165, 1.54) is 11.1 Å². The highest BCUT2D eigenvalue weighted by Crippen LogP contribution is 2.23. The zero-order valence-corrected chi connectivity index (χ0v) is 9.52. The van der Waals surface area contributed by atoms with E-state index in [-0.39, 0.29) is 0 Å². The van der Waals surface area contributed by atoms with E-state index in [9.17, 15) is 0 Å². The summed E-state index contributed by atoms with van der Waals surface area (Å²) < 4.78 is 5.37. The molecule has 2 nitrogen and oxygen atoms in total. The molecule has 0 saturated heterocycles. The molecule has 0 saturated carbocycles. The molecule has 2 rings (SSSR count). The van der Waals surface area contributed by atoms with E-state index in [0.29, 0.717) is 12.5 Å². The Morgan fingerprint density at radius 2 is 2.00 bits per heavy atom. The summed E-state index contributed by atoms with van der Waals surface area (Å²) in [6.45, 7) is 2.77. The monoisotopic (exact) mass is 215 g/mol. The fourth-order valence-electron chi connectivity index (χ4n) is 2.04. The molecule has 1 unspecified atom stereocenters. The molecule has 0 fully saturated rings. The first-order valence-electron chi connectivity index (χ1n) is 5.59. The van der Waals surface area contributed by atoms with Crippen molar-refractivity contribution in [2.75, 3.05) is 6.54 Å². The van der Waals surface area contributed by atoms with Crippen molar-refractivity contribution in [3.63, 3.8) is 0 Å². The van der Waals surface area contributed by atoms with Gasteiger partial charge in [0.25, 0.3) is 0 Å². The summed E-state index contributed by atoms with van der Waals surface area (Å²) in [7, 11) is 0. The Kier molecular flexibility index (Phi) is 3.42. The SMILES string of the molecule is Cc1ccccc1C(CN)Cc1ccco1. The van der Waals surface area contributed by atoms with Crippen molar-refractivity contribution in [3.8, 4) is 0 Å². The van der Waals surface area contributed by atoms with Crippen LogP contribution >= 0.6 is 0 Å². The lowest BCUT2D eigenvalue weighted by Crippen LogP contribution is -2.15. The second-order valence-electron chi connectivity index (χ2n) is 4.07. The maximum Gasteiger partial charge on any atom is 0.104 e. The minimum atomic E-state index is 0.340. The van der Waals surface area contributed by atoms with Gasteiger partial charge < -0.3 is 10.2 Å². The highest BCUT2D eigenvalue weighted by atomic mass is 16.3. The van der Waals surface area contributed by atoms with Crippen LogP contribution in [0.25, 0.3) is 0 Å². The Morgan fingerprint density at radius 3 is 2.62 bits per heavy atom. The lowest BCUT2D eigenvalue weighted by molar-refractivity contribution is 0.486. The molecular formula is C14H17NO. The van der Waals surface area contributed by atoms with Gasteiger partial charge in [-0.1, -0.05) is 24.3 Å². The third kappa shape index (κ3) is 2.34. The maximum atomic E-state index is 5.85. The fourth-order valence-corrected chi connectivity index (χ4v) is 2.04. The molecule has 1 aromatic carbocycles. The molecule has 0 aliphatic rings. The number of hydrogen-bond donors (Lipinski definition) is 1. The first-order valence-corrected chi connectivity index (χ1v) is 5.59. The van der Waals surface area contributed by atoms with Crippen LogP contribution in [0.3, 0.4) is 0 Å². The predicted molar refractivity (Wildman–Crippen MR) is 65.4 cm³/mol. The van der Waals surface area contributed by atoms with Crippen LogP contribution in [0.2, 0.25) is 0 Å². The molecular weight excluding hydrogens is 198 g/mol. The van der Waals surface area contributed by atoms with Gasteiger partial charge in [-0.2, -0.15) is 0 Å². The van der Waals surface area contributed by atoms with Gasteiger partial charge in [-0.25, -0.2) is 0 Å². The van der Waals surface area contributed by atoms with E-state index in [4.69, 9.17) is 10.2 Å². The molecule has 0 spiro atoms. The minimum absolute atomic E-state index is 0.340. The summed E-state index contributed by atoms with van der Waals surface area (Å²) in [6.07, 6.45) is 2.58. The topological polar surface area (TPSA) is 39.2 Å². The molecule has 1 aromatic heterocycles. The lowest BCUT2D eigenvalue weighted by Gasteiger charge is -2.16. The summed E-state index contributed by atoms with van der Waals surface area (Å²) in [5.41, 5.74) is 8.47. The average Bonchev–Trinajstić information content (AvgIpc) is 2.80. The largest absolute Gasteiger partial charge is 0.469 e. The van der Waals surface area contributed by atoms with Crippen molar-refractivity contribution in [2.45, 2.75) is 19.3 Å². The Balaban J connectivity index is 2.20. The number of furan rings is 1. The van der Waals surface area contributed by atoms with Crippen LogP contribution in [-0.2, 0) is 6.42 Å². The number of hydrogen-bond acceptors (Lipinski definition) is 2. The third-order valence-corrected chi connectivity index (χ3v) is 2.94. The van der Waals surface area contributed by atoms with Gasteiger partial charge in [0.1, 0.15) is 5.76 Å². The van der Waals surface area contributed by atoms with E-state index < -0.39 is 0 Å². The quantitative estimate of drug-likeness (QED) is 0.851. The summed E-state index contributed by atoms with van der Waals surface area (Å²) in [5.74, 6) is 1.34. The molecule has 2 aromatic rings. The molecule has 84 valence electrons. The van der Waals surface area contributed by atoms with Crippen LogP contribution in [0.1, 0.15) is 22.8 Å². The normalized spacial score (nSPS) is 12.6. The standard InChI is InChI=1S/C14H17NO/c1-11-5-2-3-7-14(11)12(10-15)9-13-6-4-8-16-13/h2-8,12H,9-10,15H2,1H3. The number of nitrogens with two attached hydrogens (primary N) is 1. The highest BCUT2D eigenvalue weighted by molar-refractivity contribution is 5.30. The number of rotatable bonds is 4. The molecule has 1 heterocycles. The van der Waals surface area contributed by atoms with Crippen molar-refractivity contribution in [1.82, 2.24) is 0 Å². The van der Waals surface area contributed by atoms with Gasteiger partial charge >= 0.3 is 0 Å². The summed E-state index contributed by atoms with van der Waals surface area (Å²) in [5, 5.41) is 0. The molecule has 0 amide bonds. The molecule has 0 aliphatic carbocycles. The minimum Gasteiger partial charge on any atom is -0.469 e. The average molecular weight is 215 g/mol. The molecule has 16 heavy (non-hydrogen) atoms. The van der Waals surface area contributed by atoms with E-state index in [1.807, 2.05) is 12.1 Å². The van der Waals surface area contributed by atoms with E-state index >= 15 is 0 Å². The highest BCUT2D eigenvalue weighted by Gasteiger charge is 2.13. The van der Waals surface area contributed by atoms with Gasteiger partial charge in [0.2, 0.25) is 0 Å². The van der Waals surface area contributed by atoms with Gasteiger partial charge in [-0.05, 0) is 36.7 Å². The van der Waals surface area contributed by atoms with Crippen LogP contribution in [0.5, 0.6) is 0 Å². The summed E-state index contributed by atoms with van der Waals surface area (Å²) in [6, 6.07) is 12.3. The molecule has 2 N–H and O–H groups in total. The third-order valence-electron chi connectivity index (χ3n) is 2.94. The molecule has 2 heteroatoms. The number of benzene rings is 1. The van der Waals surface area contributed by atoms with Gasteiger partial charge in [0.15, 0.2) is 0 Å². The van der Waals surface area contributed by atoms with E-state index in [1.54, 1.807) is 6.26 Å². The predicted octanol–water partition coefficient (Wildman–Crippen LogP) is 2.87. The zero-order chi connectivity index (χ0) is 11.4. The molecule has 1 atom stereocenters. The second kappa shape index (κ2) is 4.99. The van der Waals surface area contributed by atoms with Crippen molar-refractivity contribution in [1.29, 1.82) is 0 Å². The molecule has 0 bridgehead atoms. The Labute approximate surface area is 96.1 Å². The van der Waals surface area contributed by atoms with Crippen molar-refractivity contribution in [2.24, 2.45) is 5.73 Å². The molecule has 0 aliphatic heterocycles. The Bertz CT molecular complexity index is 434. The van der Waals surface area contributed by atoms with Crippen LogP contribution in [0.15, 0.2) is 47.1 Å². The van der Waals surface area contributed by atoms with Gasteiger partial charge in [0, 0.05) is 12.3 Å². The Morgan fingerprint density at radius 1 is 1.19 bits per heavy atom. The number of aryl methyl sites for hydroxylation is 1. The van der Waals surface area contributed by atoms with E-state index in [0.717, 1.165) is 12.2 Å². The zero-order valence-electron chi connectivity index (χ0n) is 9.52. The van der Waals surface area contributed by atoms with Crippen LogP contribution in [0.4, 0.5) is 0 Å². The maximum absolute atomic E-state index is 5.85. The van der Waals surface area contributed by atoms with Crippen LogP contribution < -0.4 is 5.73 Å². The summed E-state index contributed by atoms with van der Waals surface area (Å²) >= 11 is 0. The van der Waals surface area contributed by atoms with Crippen LogP contribution in [-0.4, -0.2) is 6.54 Å². The smallest absolute Gasteiger partial charge is 0.104 e. The fraction of sp³-hybridized carbons (Fsp3) is 0.286. The molecule has 0 radical (unpaired) electrons. The van der Waals surface area contributed by atoms with Crippen LogP contribution in [0, 0.1) is 6.92 Å². The Hall–Kier alpha value is -1.54.